The molecule has 1 aromatic heterocycles. The molecule has 0 saturated heterocycles. The highest BCUT2D eigenvalue weighted by Crippen LogP contribution is 2.30. The van der Waals surface area contributed by atoms with Crippen LogP contribution in [0.5, 0.6) is 5.75 Å². The molecule has 2 aromatic carbocycles. The van der Waals surface area contributed by atoms with Crippen molar-refractivity contribution in [1.82, 2.24) is 10.3 Å². The largest absolute Gasteiger partial charge is 0.496 e. The topological polar surface area (TPSA) is 106 Å². The molecule has 4 rings (SSSR count). The zero-order valence-corrected chi connectivity index (χ0v) is 17.1. The number of hydrogen-bond donors (Lipinski definition) is 3. The Labute approximate surface area is 178 Å². The second-order valence-corrected chi connectivity index (χ2v) is 7.67. The number of methoxy groups -OCH3 is 1. The van der Waals surface area contributed by atoms with Crippen LogP contribution >= 0.6 is 11.6 Å². The minimum Gasteiger partial charge on any atom is -0.496 e. The summed E-state index contributed by atoms with van der Waals surface area (Å²) >= 11 is 6.38. The third-order valence-corrected chi connectivity index (χ3v) is 5.32. The highest BCUT2D eigenvalue weighted by atomic mass is 35.5. The Hall–Kier alpha value is -3.32. The van der Waals surface area contributed by atoms with Crippen molar-refractivity contribution >= 4 is 40.1 Å². The van der Waals surface area contributed by atoms with Gasteiger partial charge in [-0.1, -0.05) is 17.7 Å². The minimum atomic E-state index is -0.563. The maximum absolute atomic E-state index is 11.9. The van der Waals surface area contributed by atoms with Crippen molar-refractivity contribution in [2.24, 2.45) is 5.73 Å². The molecule has 0 aliphatic heterocycles. The highest BCUT2D eigenvalue weighted by Gasteiger charge is 2.23. The molecule has 1 aliphatic carbocycles. The van der Waals surface area contributed by atoms with Gasteiger partial charge in [-0.3, -0.25) is 9.78 Å². The van der Waals surface area contributed by atoms with Gasteiger partial charge in [0.05, 0.1) is 28.9 Å². The van der Waals surface area contributed by atoms with Crippen LogP contribution < -0.4 is 21.1 Å². The molecule has 7 nitrogen and oxygen atoms in total. The Morgan fingerprint density at radius 3 is 2.70 bits per heavy atom. The molecule has 1 aliphatic rings. The third-order valence-electron chi connectivity index (χ3n) is 5.01. The van der Waals surface area contributed by atoms with Crippen LogP contribution in [0.15, 0.2) is 42.6 Å². The number of pyridine rings is 1. The predicted molar refractivity (Wildman–Crippen MR) is 116 cm³/mol. The van der Waals surface area contributed by atoms with Crippen molar-refractivity contribution in [3.8, 4) is 5.75 Å². The van der Waals surface area contributed by atoms with Crippen molar-refractivity contribution in [2.45, 2.75) is 25.3 Å². The third kappa shape index (κ3) is 4.31. The zero-order valence-electron chi connectivity index (χ0n) is 16.4. The lowest BCUT2D eigenvalue weighted by molar-refractivity contribution is 0.0997. The van der Waals surface area contributed by atoms with Gasteiger partial charge in [0, 0.05) is 23.7 Å². The van der Waals surface area contributed by atoms with Crippen LogP contribution in [-0.4, -0.2) is 30.1 Å². The number of primary amides is 1. The summed E-state index contributed by atoms with van der Waals surface area (Å²) in [6.07, 6.45) is 4.31. The number of anilines is 1. The molecule has 4 N–H and O–H groups in total. The van der Waals surface area contributed by atoms with Crippen LogP contribution in [0.4, 0.5) is 10.5 Å². The number of ether oxygens (including phenoxy) is 1. The molecule has 3 aromatic rings. The summed E-state index contributed by atoms with van der Waals surface area (Å²) in [7, 11) is 1.49. The molecule has 30 heavy (non-hydrogen) atoms. The van der Waals surface area contributed by atoms with Crippen molar-refractivity contribution in [1.29, 1.82) is 0 Å². The van der Waals surface area contributed by atoms with Crippen LogP contribution in [0.2, 0.25) is 5.02 Å². The zero-order chi connectivity index (χ0) is 21.3. The van der Waals surface area contributed by atoms with E-state index in [-0.39, 0.29) is 12.1 Å². The maximum atomic E-state index is 11.9. The van der Waals surface area contributed by atoms with Crippen molar-refractivity contribution < 1.29 is 14.3 Å². The molecular weight excluding hydrogens is 404 g/mol. The number of nitrogens with one attached hydrogen (secondary N) is 2. The summed E-state index contributed by atoms with van der Waals surface area (Å²) in [5.41, 5.74) is 8.98. The summed E-state index contributed by atoms with van der Waals surface area (Å²) in [5, 5.41) is 6.91. The van der Waals surface area contributed by atoms with Gasteiger partial charge in [-0.2, -0.15) is 0 Å². The molecule has 8 heteroatoms. The number of hydrogen-bond acceptors (Lipinski definition) is 4. The molecule has 0 atom stereocenters. The standard InChI is InChI=1S/C22H21ClN4O3/c1-30-20-11-19-15(10-16(20)21(24)28)13(6-7-25-19)8-12-2-5-18(17(23)9-12)27-22(29)26-14-3-4-14/h2,5-7,9-11,14H,3-4,8H2,1H3,(H2,24,28)(H2,26,27,29). The van der Waals surface area contributed by atoms with Gasteiger partial charge in [-0.05, 0) is 54.7 Å². The Balaban J connectivity index is 1.60. The number of nitrogens with zero attached hydrogens (tertiary/aromatic N) is 1. The smallest absolute Gasteiger partial charge is 0.319 e. The molecule has 0 spiro atoms. The number of carbonyl (C=O) groups excluding carboxylic acids is 2. The van der Waals surface area contributed by atoms with Gasteiger partial charge < -0.3 is 21.1 Å². The number of aromatic nitrogens is 1. The monoisotopic (exact) mass is 424 g/mol. The van der Waals surface area contributed by atoms with E-state index in [9.17, 15) is 9.59 Å². The highest BCUT2D eigenvalue weighted by molar-refractivity contribution is 6.33. The van der Waals surface area contributed by atoms with Gasteiger partial charge in [0.2, 0.25) is 0 Å². The average molecular weight is 425 g/mol. The number of benzene rings is 2. The van der Waals surface area contributed by atoms with Crippen LogP contribution in [-0.2, 0) is 6.42 Å². The van der Waals surface area contributed by atoms with E-state index in [4.69, 9.17) is 22.1 Å². The quantitative estimate of drug-likeness (QED) is 0.558. The number of urea groups is 1. The molecule has 0 radical (unpaired) electrons. The summed E-state index contributed by atoms with van der Waals surface area (Å²) in [5.74, 6) is -0.172. The number of carbonyl (C=O) groups is 2. The van der Waals surface area contributed by atoms with Gasteiger partial charge in [-0.25, -0.2) is 4.79 Å². The normalized spacial score (nSPS) is 13.1. The summed E-state index contributed by atoms with van der Waals surface area (Å²) in [6, 6.07) is 10.8. The van der Waals surface area contributed by atoms with E-state index in [1.807, 2.05) is 18.2 Å². The number of rotatable bonds is 6. The Morgan fingerprint density at radius 1 is 1.23 bits per heavy atom. The number of fused-ring (bicyclic) bond motifs is 1. The van der Waals surface area contributed by atoms with E-state index in [0.717, 1.165) is 29.4 Å². The number of nitrogens with two attached hydrogens (primary N) is 1. The lowest BCUT2D eigenvalue weighted by Crippen LogP contribution is -2.30. The molecule has 0 bridgehead atoms. The fourth-order valence-electron chi connectivity index (χ4n) is 3.31. The van der Waals surface area contributed by atoms with Gasteiger partial charge in [0.25, 0.3) is 5.91 Å². The van der Waals surface area contributed by atoms with Crippen molar-refractivity contribution in [3.05, 3.63) is 64.3 Å². The molecule has 1 saturated carbocycles. The van der Waals surface area contributed by atoms with E-state index in [2.05, 4.69) is 15.6 Å². The molecule has 154 valence electrons. The summed E-state index contributed by atoms with van der Waals surface area (Å²) in [4.78, 5) is 28.1. The first-order valence-corrected chi connectivity index (χ1v) is 9.94. The van der Waals surface area contributed by atoms with E-state index in [1.54, 1.807) is 24.4 Å². The second kappa shape index (κ2) is 8.20. The second-order valence-electron chi connectivity index (χ2n) is 7.27. The SMILES string of the molecule is COc1cc2nccc(Cc3ccc(NC(=O)NC4CC4)c(Cl)c3)c2cc1C(N)=O. The molecule has 1 fully saturated rings. The van der Waals surface area contributed by atoms with Crippen LogP contribution in [0, 0.1) is 0 Å². The lowest BCUT2D eigenvalue weighted by atomic mass is 9.99. The first-order chi connectivity index (χ1) is 14.4. The van der Waals surface area contributed by atoms with Crippen LogP contribution in [0.3, 0.4) is 0 Å². The Kier molecular flexibility index (Phi) is 5.46. The Bertz CT molecular complexity index is 1140. The minimum absolute atomic E-state index is 0.250. The fourth-order valence-corrected chi connectivity index (χ4v) is 3.56. The van der Waals surface area contributed by atoms with Gasteiger partial charge >= 0.3 is 6.03 Å². The summed E-state index contributed by atoms with van der Waals surface area (Å²) in [6.45, 7) is 0. The first-order valence-electron chi connectivity index (χ1n) is 9.56. The number of halogens is 1. The maximum Gasteiger partial charge on any atom is 0.319 e. The van der Waals surface area contributed by atoms with Gasteiger partial charge in [0.15, 0.2) is 0 Å². The first kappa shape index (κ1) is 20.0. The van der Waals surface area contributed by atoms with Gasteiger partial charge in [-0.15, -0.1) is 0 Å². The van der Waals surface area contributed by atoms with Gasteiger partial charge in [0.1, 0.15) is 5.75 Å². The fraction of sp³-hybridized carbons (Fsp3) is 0.227. The number of amides is 3. The molecule has 0 unspecified atom stereocenters. The van der Waals surface area contributed by atoms with E-state index in [0.29, 0.717) is 34.0 Å². The van der Waals surface area contributed by atoms with Crippen molar-refractivity contribution in [2.75, 3.05) is 12.4 Å². The molecule has 3 amide bonds. The van der Waals surface area contributed by atoms with E-state index >= 15 is 0 Å². The lowest BCUT2D eigenvalue weighted by Gasteiger charge is -2.12. The molecule has 1 heterocycles. The molecular formula is C22H21ClN4O3. The van der Waals surface area contributed by atoms with Crippen molar-refractivity contribution in [3.63, 3.8) is 0 Å². The van der Waals surface area contributed by atoms with Crippen LogP contribution in [0.25, 0.3) is 10.9 Å². The Morgan fingerprint density at radius 2 is 2.03 bits per heavy atom. The average Bonchev–Trinajstić information content (AvgIpc) is 3.53. The van der Waals surface area contributed by atoms with E-state index < -0.39 is 5.91 Å². The summed E-state index contributed by atoms with van der Waals surface area (Å²) < 4.78 is 5.26. The van der Waals surface area contributed by atoms with E-state index in [1.165, 1.54) is 7.11 Å². The predicted octanol–water partition coefficient (Wildman–Crippen LogP) is 3.87. The van der Waals surface area contributed by atoms with Crippen LogP contribution in [0.1, 0.15) is 34.3 Å².